The molecule has 0 fully saturated rings. The molecule has 1 aliphatic heterocycles. The second kappa shape index (κ2) is 8.20. The molecular formula is C19H22ClN3O2S. The van der Waals surface area contributed by atoms with Crippen LogP contribution in [0.1, 0.15) is 31.7 Å². The van der Waals surface area contributed by atoms with Crippen molar-refractivity contribution >= 4 is 33.0 Å². The van der Waals surface area contributed by atoms with Crippen molar-refractivity contribution in [3.8, 4) is 0 Å². The van der Waals surface area contributed by atoms with E-state index in [4.69, 9.17) is 11.6 Å². The number of hydrogen-bond donors (Lipinski definition) is 1. The predicted octanol–water partition coefficient (Wildman–Crippen LogP) is 4.03. The largest absolute Gasteiger partial charge is 0.265 e. The number of unbranched alkanes of at least 4 members (excludes halogenated alkanes) is 1. The molecule has 26 heavy (non-hydrogen) atoms. The van der Waals surface area contributed by atoms with Crippen LogP contribution in [0.5, 0.6) is 0 Å². The van der Waals surface area contributed by atoms with Crippen LogP contribution >= 0.6 is 11.6 Å². The first-order chi connectivity index (χ1) is 12.5. The topological polar surface area (TPSA) is 61.8 Å². The average molecular weight is 392 g/mol. The lowest BCUT2D eigenvalue weighted by Gasteiger charge is -2.14. The molecule has 2 aromatic carbocycles. The Morgan fingerprint density at radius 3 is 2.46 bits per heavy atom. The molecule has 0 atom stereocenters. The van der Waals surface area contributed by atoms with Gasteiger partial charge in [-0.1, -0.05) is 37.1 Å². The number of benzene rings is 2. The quantitative estimate of drug-likeness (QED) is 0.724. The van der Waals surface area contributed by atoms with Gasteiger partial charge in [0, 0.05) is 24.5 Å². The summed E-state index contributed by atoms with van der Waals surface area (Å²) in [4.78, 5) is 0.276. The molecule has 3 rings (SSSR count). The molecule has 0 radical (unpaired) electrons. The summed E-state index contributed by atoms with van der Waals surface area (Å²) in [7, 11) is -3.45. The maximum absolute atomic E-state index is 12.2. The van der Waals surface area contributed by atoms with Crippen LogP contribution in [0.4, 0.5) is 5.69 Å². The third-order valence-corrected chi connectivity index (χ3v) is 5.98. The van der Waals surface area contributed by atoms with E-state index >= 15 is 0 Å². The Bertz CT molecular complexity index is 878. The first-order valence-electron chi connectivity index (χ1n) is 8.70. The van der Waals surface area contributed by atoms with Crippen molar-refractivity contribution in [2.45, 2.75) is 31.1 Å². The van der Waals surface area contributed by atoms with Gasteiger partial charge in [0.1, 0.15) is 0 Å². The van der Waals surface area contributed by atoms with E-state index in [2.05, 4.69) is 9.82 Å². The van der Waals surface area contributed by atoms with Crippen molar-refractivity contribution < 1.29 is 8.42 Å². The first-order valence-corrected chi connectivity index (χ1v) is 10.6. The van der Waals surface area contributed by atoms with E-state index in [-0.39, 0.29) is 4.90 Å². The van der Waals surface area contributed by atoms with Crippen LogP contribution in [0, 0.1) is 0 Å². The van der Waals surface area contributed by atoms with E-state index in [1.165, 1.54) is 0 Å². The van der Waals surface area contributed by atoms with Gasteiger partial charge in [0.25, 0.3) is 0 Å². The molecule has 0 unspecified atom stereocenters. The van der Waals surface area contributed by atoms with Crippen molar-refractivity contribution in [2.75, 3.05) is 18.1 Å². The van der Waals surface area contributed by atoms with Gasteiger partial charge in [-0.2, -0.15) is 5.10 Å². The van der Waals surface area contributed by atoms with Gasteiger partial charge >= 0.3 is 0 Å². The third-order valence-electron chi connectivity index (χ3n) is 4.25. The highest BCUT2D eigenvalue weighted by atomic mass is 35.5. The summed E-state index contributed by atoms with van der Waals surface area (Å²) >= 11 is 5.93. The van der Waals surface area contributed by atoms with E-state index in [0.717, 1.165) is 42.8 Å². The highest BCUT2D eigenvalue weighted by molar-refractivity contribution is 7.89. The van der Waals surface area contributed by atoms with Crippen LogP contribution in [0.15, 0.2) is 58.5 Å². The Morgan fingerprint density at radius 2 is 1.81 bits per heavy atom. The molecule has 0 saturated heterocycles. The summed E-state index contributed by atoms with van der Waals surface area (Å²) in [6.07, 6.45) is 2.61. The van der Waals surface area contributed by atoms with Crippen LogP contribution in [0.25, 0.3) is 0 Å². The summed E-state index contributed by atoms with van der Waals surface area (Å²) < 4.78 is 27.1. The molecule has 2 aromatic rings. The lowest BCUT2D eigenvalue weighted by atomic mass is 10.1. The maximum atomic E-state index is 12.2. The Kier molecular flexibility index (Phi) is 5.96. The minimum absolute atomic E-state index is 0.276. The fourth-order valence-electron chi connectivity index (χ4n) is 2.75. The van der Waals surface area contributed by atoms with Gasteiger partial charge in [-0.05, 0) is 48.4 Å². The van der Waals surface area contributed by atoms with Crippen molar-refractivity contribution in [1.29, 1.82) is 0 Å². The van der Waals surface area contributed by atoms with Gasteiger partial charge in [-0.3, -0.25) is 5.01 Å². The van der Waals surface area contributed by atoms with Crippen LogP contribution in [-0.4, -0.2) is 27.2 Å². The monoisotopic (exact) mass is 391 g/mol. The summed E-state index contributed by atoms with van der Waals surface area (Å²) in [5, 5.41) is 7.25. The number of nitrogens with one attached hydrogen (secondary N) is 1. The molecule has 1 heterocycles. The molecule has 0 aliphatic carbocycles. The van der Waals surface area contributed by atoms with Crippen molar-refractivity contribution in [3.05, 3.63) is 59.1 Å². The number of rotatable bonds is 7. The smallest absolute Gasteiger partial charge is 0.240 e. The lowest BCUT2D eigenvalue weighted by Crippen LogP contribution is -2.24. The zero-order chi connectivity index (χ0) is 18.6. The normalized spacial score (nSPS) is 14.5. The molecule has 138 valence electrons. The minimum atomic E-state index is -3.45. The van der Waals surface area contributed by atoms with Crippen molar-refractivity contribution in [1.82, 2.24) is 4.72 Å². The summed E-state index contributed by atoms with van der Waals surface area (Å²) in [6, 6.07) is 14.5. The molecule has 0 saturated carbocycles. The summed E-state index contributed by atoms with van der Waals surface area (Å²) in [5.74, 6) is 0. The number of halogens is 1. The Balaban J connectivity index is 1.72. The van der Waals surface area contributed by atoms with E-state index in [9.17, 15) is 8.42 Å². The third kappa shape index (κ3) is 4.44. The average Bonchev–Trinajstić information content (AvgIpc) is 3.13. The second-order valence-electron chi connectivity index (χ2n) is 6.17. The van der Waals surface area contributed by atoms with Crippen LogP contribution < -0.4 is 9.73 Å². The van der Waals surface area contributed by atoms with Gasteiger partial charge in [-0.15, -0.1) is 0 Å². The number of anilines is 1. The Morgan fingerprint density at radius 1 is 1.12 bits per heavy atom. The first kappa shape index (κ1) is 18.9. The fourth-order valence-corrected chi connectivity index (χ4v) is 3.95. The highest BCUT2D eigenvalue weighted by Gasteiger charge is 2.19. The van der Waals surface area contributed by atoms with E-state index < -0.39 is 10.0 Å². The zero-order valence-electron chi connectivity index (χ0n) is 14.7. The van der Waals surface area contributed by atoms with Gasteiger partial charge < -0.3 is 0 Å². The standard InChI is InChI=1S/C19H22ClN3O2S/c1-2-3-13-21-26(24,25)18-10-8-17(9-11-18)23-14-12-19(22-23)15-4-6-16(20)7-5-15/h4-11,21H,2-3,12-14H2,1H3. The maximum Gasteiger partial charge on any atom is 0.240 e. The van der Waals surface area contributed by atoms with E-state index in [1.807, 2.05) is 36.2 Å². The van der Waals surface area contributed by atoms with Crippen molar-refractivity contribution in [3.63, 3.8) is 0 Å². The molecule has 7 heteroatoms. The highest BCUT2D eigenvalue weighted by Crippen LogP contribution is 2.24. The second-order valence-corrected chi connectivity index (χ2v) is 8.38. The molecule has 0 spiro atoms. The molecule has 0 bridgehead atoms. The number of hydrogen-bond acceptors (Lipinski definition) is 4. The molecule has 0 aromatic heterocycles. The fraction of sp³-hybridized carbons (Fsp3) is 0.316. The predicted molar refractivity (Wildman–Crippen MR) is 106 cm³/mol. The number of sulfonamides is 1. The lowest BCUT2D eigenvalue weighted by molar-refractivity contribution is 0.578. The SMILES string of the molecule is CCCCNS(=O)(=O)c1ccc(N2CCC(c3ccc(Cl)cc3)=N2)cc1. The number of hydrazone groups is 1. The van der Waals surface area contributed by atoms with Gasteiger partial charge in [0.15, 0.2) is 0 Å². The van der Waals surface area contributed by atoms with Crippen LogP contribution in [-0.2, 0) is 10.0 Å². The molecular weight excluding hydrogens is 370 g/mol. The summed E-state index contributed by atoms with van der Waals surface area (Å²) in [6.45, 7) is 3.25. The minimum Gasteiger partial charge on any atom is -0.265 e. The zero-order valence-corrected chi connectivity index (χ0v) is 16.2. The Hall–Kier alpha value is -1.89. The van der Waals surface area contributed by atoms with Gasteiger partial charge in [-0.25, -0.2) is 13.1 Å². The Labute approximate surface area is 159 Å². The van der Waals surface area contributed by atoms with Crippen molar-refractivity contribution in [2.24, 2.45) is 5.10 Å². The van der Waals surface area contributed by atoms with E-state index in [0.29, 0.717) is 11.6 Å². The molecule has 5 nitrogen and oxygen atoms in total. The van der Waals surface area contributed by atoms with E-state index in [1.54, 1.807) is 24.3 Å². The van der Waals surface area contributed by atoms with Gasteiger partial charge in [0.05, 0.1) is 16.3 Å². The number of nitrogens with zero attached hydrogens (tertiary/aromatic N) is 2. The summed E-state index contributed by atoms with van der Waals surface area (Å²) in [5.41, 5.74) is 2.93. The van der Waals surface area contributed by atoms with Crippen LogP contribution in [0.2, 0.25) is 5.02 Å². The molecule has 1 aliphatic rings. The van der Waals surface area contributed by atoms with Gasteiger partial charge in [0.2, 0.25) is 10.0 Å². The molecule has 0 amide bonds. The molecule has 1 N–H and O–H groups in total. The van der Waals surface area contributed by atoms with Crippen LogP contribution in [0.3, 0.4) is 0 Å².